The Hall–Kier alpha value is -2.94. The van der Waals surface area contributed by atoms with E-state index in [1.165, 1.54) is 14.2 Å². The molecule has 1 N–H and O–H groups in total. The van der Waals surface area contributed by atoms with E-state index in [1.807, 2.05) is 12.1 Å². The number of rotatable bonds is 5. The second kappa shape index (κ2) is 8.25. The van der Waals surface area contributed by atoms with Gasteiger partial charge in [0.15, 0.2) is 10.8 Å². The lowest BCUT2D eigenvalue weighted by Crippen LogP contribution is -2.14. The Kier molecular flexibility index (Phi) is 6.07. The molecule has 0 atom stereocenters. The summed E-state index contributed by atoms with van der Waals surface area (Å²) in [7, 11) is 5.64. The highest BCUT2D eigenvalue weighted by Gasteiger charge is 2.25. The standard InChI is InChI=1S/C16H17N3O5S/c1-17-13(9-5-7-10(22-2)8-6-9)19-16-18-11(14(20)23-3)12(25-16)15(21)24-4/h5-8H,1-4H3,(H,17,18,19). The Morgan fingerprint density at radius 1 is 1.08 bits per heavy atom. The summed E-state index contributed by atoms with van der Waals surface area (Å²) in [5.74, 6) is -0.145. The molecule has 0 bridgehead atoms. The molecule has 1 aromatic carbocycles. The minimum Gasteiger partial charge on any atom is -0.497 e. The summed E-state index contributed by atoms with van der Waals surface area (Å²) in [6, 6.07) is 7.24. The number of thiazole rings is 1. The molecule has 9 heteroatoms. The number of methoxy groups -OCH3 is 3. The van der Waals surface area contributed by atoms with Crippen molar-refractivity contribution in [2.75, 3.05) is 33.7 Å². The number of amidine groups is 1. The van der Waals surface area contributed by atoms with Gasteiger partial charge in [0.2, 0.25) is 0 Å². The number of hydrogen-bond donors (Lipinski definition) is 1. The first-order valence-corrected chi connectivity index (χ1v) is 7.91. The molecule has 0 radical (unpaired) electrons. The van der Waals surface area contributed by atoms with Gasteiger partial charge in [0, 0.05) is 12.6 Å². The summed E-state index contributed by atoms with van der Waals surface area (Å²) >= 11 is 0.979. The molecule has 0 unspecified atom stereocenters. The second-order valence-corrected chi connectivity index (χ2v) is 5.60. The van der Waals surface area contributed by atoms with Crippen LogP contribution in [-0.2, 0) is 9.47 Å². The predicted molar refractivity (Wildman–Crippen MR) is 93.9 cm³/mol. The molecule has 0 aliphatic rings. The molecule has 0 fully saturated rings. The van der Waals surface area contributed by atoms with Crippen molar-refractivity contribution in [3.63, 3.8) is 0 Å². The third-order valence-electron chi connectivity index (χ3n) is 3.19. The number of benzene rings is 1. The van der Waals surface area contributed by atoms with Gasteiger partial charge in [-0.05, 0) is 24.3 Å². The molecular formula is C16H17N3O5S. The van der Waals surface area contributed by atoms with E-state index in [0.29, 0.717) is 11.0 Å². The zero-order chi connectivity index (χ0) is 18.4. The van der Waals surface area contributed by atoms with E-state index in [9.17, 15) is 9.59 Å². The quantitative estimate of drug-likeness (QED) is 0.494. The topological polar surface area (TPSA) is 99.1 Å². The number of anilines is 1. The van der Waals surface area contributed by atoms with Crippen LogP contribution in [0.5, 0.6) is 5.75 Å². The molecule has 1 heterocycles. The van der Waals surface area contributed by atoms with E-state index in [0.717, 1.165) is 22.6 Å². The number of hydrogen-bond acceptors (Lipinski definition) is 8. The van der Waals surface area contributed by atoms with E-state index < -0.39 is 11.9 Å². The summed E-state index contributed by atoms with van der Waals surface area (Å²) in [6.45, 7) is 0. The van der Waals surface area contributed by atoms with Gasteiger partial charge in [0.05, 0.1) is 21.3 Å². The molecule has 1 aromatic heterocycles. The third kappa shape index (κ3) is 4.13. The van der Waals surface area contributed by atoms with Gasteiger partial charge in [-0.3, -0.25) is 4.99 Å². The van der Waals surface area contributed by atoms with Crippen molar-refractivity contribution in [1.82, 2.24) is 4.98 Å². The zero-order valence-corrected chi connectivity index (χ0v) is 15.0. The van der Waals surface area contributed by atoms with E-state index in [4.69, 9.17) is 4.74 Å². The Morgan fingerprint density at radius 2 is 1.72 bits per heavy atom. The van der Waals surface area contributed by atoms with Crippen LogP contribution in [0, 0.1) is 0 Å². The van der Waals surface area contributed by atoms with Crippen molar-refractivity contribution in [2.45, 2.75) is 0 Å². The Balaban J connectivity index is 2.32. The number of aliphatic imine (C=N–C) groups is 1. The fourth-order valence-corrected chi connectivity index (χ4v) is 2.82. The molecule has 8 nitrogen and oxygen atoms in total. The van der Waals surface area contributed by atoms with Crippen molar-refractivity contribution in [3.05, 3.63) is 40.4 Å². The summed E-state index contributed by atoms with van der Waals surface area (Å²) in [6.07, 6.45) is 0. The van der Waals surface area contributed by atoms with E-state index in [2.05, 4.69) is 24.8 Å². The Morgan fingerprint density at radius 3 is 2.24 bits per heavy atom. The maximum Gasteiger partial charge on any atom is 0.358 e. The molecule has 2 aromatic rings. The molecule has 25 heavy (non-hydrogen) atoms. The van der Waals surface area contributed by atoms with E-state index in [-0.39, 0.29) is 10.6 Å². The van der Waals surface area contributed by atoms with Crippen LogP contribution in [0.4, 0.5) is 5.13 Å². The number of nitrogens with one attached hydrogen (secondary N) is 1. The second-order valence-electron chi connectivity index (χ2n) is 4.61. The first kappa shape index (κ1) is 18.4. The SMILES string of the molecule is CN=C(Nc1nc(C(=O)OC)c(C(=O)OC)s1)c1ccc(OC)cc1. The number of nitrogens with zero attached hydrogens (tertiary/aromatic N) is 2. The fourth-order valence-electron chi connectivity index (χ4n) is 1.95. The minimum absolute atomic E-state index is 0.0574. The highest BCUT2D eigenvalue weighted by Crippen LogP contribution is 2.25. The van der Waals surface area contributed by atoms with Crippen molar-refractivity contribution >= 4 is 34.2 Å². The van der Waals surface area contributed by atoms with E-state index >= 15 is 0 Å². The van der Waals surface area contributed by atoms with Crippen molar-refractivity contribution in [1.29, 1.82) is 0 Å². The maximum atomic E-state index is 11.8. The largest absolute Gasteiger partial charge is 0.497 e. The van der Waals surface area contributed by atoms with Crippen LogP contribution < -0.4 is 10.1 Å². The number of carbonyl (C=O) groups is 2. The van der Waals surface area contributed by atoms with Crippen molar-refractivity contribution in [2.24, 2.45) is 4.99 Å². The van der Waals surface area contributed by atoms with Crippen LogP contribution in [0.3, 0.4) is 0 Å². The van der Waals surface area contributed by atoms with Crippen molar-refractivity contribution in [3.8, 4) is 5.75 Å². The summed E-state index contributed by atoms with van der Waals surface area (Å²) in [5.41, 5.74) is 0.685. The van der Waals surface area contributed by atoms with Crippen LogP contribution in [0.2, 0.25) is 0 Å². The molecule has 0 aliphatic carbocycles. The summed E-state index contributed by atoms with van der Waals surface area (Å²) < 4.78 is 14.5. The molecular weight excluding hydrogens is 346 g/mol. The Bertz CT molecular complexity index is 765. The predicted octanol–water partition coefficient (Wildman–Crippen LogP) is 2.21. The van der Waals surface area contributed by atoms with Gasteiger partial charge in [-0.25, -0.2) is 14.6 Å². The molecule has 132 valence electrons. The van der Waals surface area contributed by atoms with Gasteiger partial charge >= 0.3 is 11.9 Å². The number of esters is 2. The highest BCUT2D eigenvalue weighted by atomic mass is 32.1. The highest BCUT2D eigenvalue weighted by molar-refractivity contribution is 7.17. The number of aromatic nitrogens is 1. The van der Waals surface area contributed by atoms with Crippen LogP contribution >= 0.6 is 11.3 Å². The Labute approximate surface area is 148 Å². The van der Waals surface area contributed by atoms with Crippen LogP contribution in [0.25, 0.3) is 0 Å². The minimum atomic E-state index is -0.718. The number of carbonyl (C=O) groups excluding carboxylic acids is 2. The third-order valence-corrected chi connectivity index (χ3v) is 4.14. The fraction of sp³-hybridized carbons (Fsp3) is 0.250. The smallest absolute Gasteiger partial charge is 0.358 e. The van der Waals surface area contributed by atoms with Crippen LogP contribution in [-0.4, -0.2) is 51.1 Å². The molecule has 0 spiro atoms. The average molecular weight is 363 g/mol. The lowest BCUT2D eigenvalue weighted by Gasteiger charge is -2.07. The monoisotopic (exact) mass is 363 g/mol. The number of ether oxygens (including phenoxy) is 3. The van der Waals surface area contributed by atoms with Gasteiger partial charge < -0.3 is 19.5 Å². The van der Waals surface area contributed by atoms with Gasteiger partial charge in [0.25, 0.3) is 0 Å². The molecule has 2 rings (SSSR count). The van der Waals surface area contributed by atoms with Crippen molar-refractivity contribution < 1.29 is 23.8 Å². The summed E-state index contributed by atoms with van der Waals surface area (Å²) in [5, 5.41) is 3.32. The zero-order valence-electron chi connectivity index (χ0n) is 14.2. The molecule has 0 saturated carbocycles. The first-order chi connectivity index (χ1) is 12.0. The first-order valence-electron chi connectivity index (χ1n) is 7.09. The normalized spacial score (nSPS) is 11.0. The molecule has 0 aliphatic heterocycles. The van der Waals surface area contributed by atoms with Gasteiger partial charge in [-0.2, -0.15) is 0 Å². The van der Waals surface area contributed by atoms with Crippen LogP contribution in [0.15, 0.2) is 29.3 Å². The lowest BCUT2D eigenvalue weighted by atomic mass is 10.2. The maximum absolute atomic E-state index is 11.8. The average Bonchev–Trinajstić information content (AvgIpc) is 3.08. The lowest BCUT2D eigenvalue weighted by molar-refractivity contribution is 0.0555. The molecule has 0 saturated heterocycles. The van der Waals surface area contributed by atoms with Gasteiger partial charge in [-0.1, -0.05) is 11.3 Å². The van der Waals surface area contributed by atoms with E-state index in [1.54, 1.807) is 26.3 Å². The van der Waals surface area contributed by atoms with Gasteiger partial charge in [-0.15, -0.1) is 0 Å². The van der Waals surface area contributed by atoms with Gasteiger partial charge in [0.1, 0.15) is 16.5 Å². The molecule has 0 amide bonds. The summed E-state index contributed by atoms with van der Waals surface area (Å²) in [4.78, 5) is 32.0. The van der Waals surface area contributed by atoms with Crippen LogP contribution in [0.1, 0.15) is 25.7 Å².